The van der Waals surface area contributed by atoms with Gasteiger partial charge in [-0.2, -0.15) is 0 Å². The molecule has 0 aromatic heterocycles. The highest BCUT2D eigenvalue weighted by atomic mass is 16.4. The number of carboxylic acids is 1. The largest absolute Gasteiger partial charge is 0.481 e. The van der Waals surface area contributed by atoms with E-state index < -0.39 is 5.97 Å². The zero-order valence-electron chi connectivity index (χ0n) is 11.4. The number of aliphatic carboxylic acids is 1. The second-order valence-corrected chi connectivity index (χ2v) is 5.77. The minimum absolute atomic E-state index is 0.0446. The average molecular weight is 268 g/mol. The van der Waals surface area contributed by atoms with Gasteiger partial charge in [0.1, 0.15) is 0 Å². The Hall–Kier alpha value is -1.10. The molecule has 0 spiro atoms. The summed E-state index contributed by atoms with van der Waals surface area (Å²) < 4.78 is 0. The molecule has 0 aromatic carbocycles. The van der Waals surface area contributed by atoms with Crippen molar-refractivity contribution in [3.05, 3.63) is 0 Å². The van der Waals surface area contributed by atoms with Crippen LogP contribution >= 0.6 is 0 Å². The van der Waals surface area contributed by atoms with Gasteiger partial charge in [-0.15, -0.1) is 0 Å². The first-order valence-corrected chi connectivity index (χ1v) is 7.39. The maximum Gasteiger partial charge on any atom is 0.304 e. The minimum atomic E-state index is -0.766. The molecule has 2 fully saturated rings. The molecule has 5 nitrogen and oxygen atoms in total. The predicted molar refractivity (Wildman–Crippen MR) is 71.8 cm³/mol. The van der Waals surface area contributed by atoms with Crippen LogP contribution in [0.25, 0.3) is 0 Å². The molecule has 19 heavy (non-hydrogen) atoms. The van der Waals surface area contributed by atoms with Crippen LogP contribution in [0.1, 0.15) is 44.9 Å². The van der Waals surface area contributed by atoms with E-state index in [-0.39, 0.29) is 18.2 Å². The van der Waals surface area contributed by atoms with E-state index in [1.54, 1.807) is 0 Å². The molecule has 0 aromatic rings. The Morgan fingerprint density at radius 2 is 1.89 bits per heavy atom. The predicted octanol–water partition coefficient (Wildman–Crippen LogP) is 1.23. The first-order chi connectivity index (χ1) is 9.15. The summed E-state index contributed by atoms with van der Waals surface area (Å²) >= 11 is 0. The molecule has 1 atom stereocenters. The SMILES string of the molecule is O=C(O)CCN1CCCC(C(=O)NC2CCCC2)C1. The molecular weight excluding hydrogens is 244 g/mol. The monoisotopic (exact) mass is 268 g/mol. The summed E-state index contributed by atoms with van der Waals surface area (Å²) in [4.78, 5) is 24.9. The van der Waals surface area contributed by atoms with Gasteiger partial charge in [0.2, 0.25) is 5.91 Å². The second-order valence-electron chi connectivity index (χ2n) is 5.77. The van der Waals surface area contributed by atoms with Crippen LogP contribution in [0, 0.1) is 5.92 Å². The molecule has 2 aliphatic rings. The molecule has 1 aliphatic heterocycles. The molecule has 1 aliphatic carbocycles. The minimum Gasteiger partial charge on any atom is -0.481 e. The third-order valence-corrected chi connectivity index (χ3v) is 4.22. The van der Waals surface area contributed by atoms with Crippen LogP contribution in [0.4, 0.5) is 0 Å². The summed E-state index contributed by atoms with van der Waals surface area (Å²) in [5.41, 5.74) is 0. The van der Waals surface area contributed by atoms with Gasteiger partial charge < -0.3 is 15.3 Å². The fraction of sp³-hybridized carbons (Fsp3) is 0.857. The lowest BCUT2D eigenvalue weighted by atomic mass is 9.96. The summed E-state index contributed by atoms with van der Waals surface area (Å²) in [7, 11) is 0. The molecule has 0 radical (unpaired) electrons. The Morgan fingerprint density at radius 1 is 1.16 bits per heavy atom. The second kappa shape index (κ2) is 6.89. The lowest BCUT2D eigenvalue weighted by molar-refractivity contribution is -0.137. The van der Waals surface area contributed by atoms with E-state index >= 15 is 0 Å². The Labute approximate surface area is 114 Å². The number of nitrogens with one attached hydrogen (secondary N) is 1. The third-order valence-electron chi connectivity index (χ3n) is 4.22. The fourth-order valence-corrected chi connectivity index (χ4v) is 3.12. The van der Waals surface area contributed by atoms with Crippen molar-refractivity contribution in [1.29, 1.82) is 0 Å². The van der Waals surface area contributed by atoms with Crippen molar-refractivity contribution >= 4 is 11.9 Å². The Kier molecular flexibility index (Phi) is 5.19. The van der Waals surface area contributed by atoms with Gasteiger partial charge in [0.05, 0.1) is 12.3 Å². The summed E-state index contributed by atoms with van der Waals surface area (Å²) in [6, 6.07) is 0.377. The van der Waals surface area contributed by atoms with Crippen molar-refractivity contribution in [1.82, 2.24) is 10.2 Å². The average Bonchev–Trinajstić information content (AvgIpc) is 2.89. The van der Waals surface area contributed by atoms with Crippen LogP contribution in [-0.4, -0.2) is 47.6 Å². The molecule has 1 heterocycles. The van der Waals surface area contributed by atoms with Crippen LogP contribution in [0.2, 0.25) is 0 Å². The number of nitrogens with zero attached hydrogens (tertiary/aromatic N) is 1. The number of rotatable bonds is 5. The molecule has 5 heteroatoms. The zero-order valence-corrected chi connectivity index (χ0v) is 11.4. The topological polar surface area (TPSA) is 69.6 Å². The number of piperidine rings is 1. The Balaban J connectivity index is 1.75. The van der Waals surface area contributed by atoms with E-state index in [4.69, 9.17) is 5.11 Å². The van der Waals surface area contributed by atoms with Crippen molar-refractivity contribution in [2.45, 2.75) is 51.0 Å². The van der Waals surface area contributed by atoms with Gasteiger partial charge in [-0.25, -0.2) is 0 Å². The maximum atomic E-state index is 12.2. The van der Waals surface area contributed by atoms with Gasteiger partial charge in [-0.1, -0.05) is 12.8 Å². The number of carbonyl (C=O) groups excluding carboxylic acids is 1. The number of likely N-dealkylation sites (tertiary alicyclic amines) is 1. The third kappa shape index (κ3) is 4.49. The summed E-state index contributed by atoms with van der Waals surface area (Å²) in [6.45, 7) is 2.19. The Bertz CT molecular complexity index is 327. The highest BCUT2D eigenvalue weighted by Gasteiger charge is 2.28. The highest BCUT2D eigenvalue weighted by Crippen LogP contribution is 2.21. The molecule has 1 saturated carbocycles. The molecule has 108 valence electrons. The van der Waals surface area contributed by atoms with Gasteiger partial charge in [0.25, 0.3) is 0 Å². The van der Waals surface area contributed by atoms with Crippen molar-refractivity contribution in [3.63, 3.8) is 0 Å². The van der Waals surface area contributed by atoms with Crippen LogP contribution in [-0.2, 0) is 9.59 Å². The molecule has 0 bridgehead atoms. The number of hydrogen-bond donors (Lipinski definition) is 2. The quantitative estimate of drug-likeness (QED) is 0.787. The van der Waals surface area contributed by atoms with E-state index in [0.717, 1.165) is 32.2 Å². The highest BCUT2D eigenvalue weighted by molar-refractivity contribution is 5.79. The van der Waals surface area contributed by atoms with Gasteiger partial charge in [-0.3, -0.25) is 9.59 Å². The molecule has 2 rings (SSSR count). The summed E-state index contributed by atoms with van der Waals surface area (Å²) in [5, 5.41) is 11.9. The summed E-state index contributed by atoms with van der Waals surface area (Å²) in [5.74, 6) is -0.549. The van der Waals surface area contributed by atoms with E-state index in [2.05, 4.69) is 10.2 Å². The van der Waals surface area contributed by atoms with Crippen molar-refractivity contribution in [2.24, 2.45) is 5.92 Å². The molecule has 1 unspecified atom stereocenters. The van der Waals surface area contributed by atoms with Crippen LogP contribution in [0.3, 0.4) is 0 Å². The zero-order chi connectivity index (χ0) is 13.7. The van der Waals surface area contributed by atoms with Gasteiger partial charge in [0, 0.05) is 19.1 Å². The fourth-order valence-electron chi connectivity index (χ4n) is 3.12. The number of carboxylic acid groups (broad SMARTS) is 1. The van der Waals surface area contributed by atoms with E-state index in [9.17, 15) is 9.59 Å². The van der Waals surface area contributed by atoms with Crippen molar-refractivity contribution < 1.29 is 14.7 Å². The van der Waals surface area contributed by atoms with E-state index in [1.165, 1.54) is 12.8 Å². The normalized spacial score (nSPS) is 25.4. The van der Waals surface area contributed by atoms with Gasteiger partial charge in [0.15, 0.2) is 0 Å². The van der Waals surface area contributed by atoms with Crippen molar-refractivity contribution in [2.75, 3.05) is 19.6 Å². The van der Waals surface area contributed by atoms with E-state index in [1.807, 2.05) is 0 Å². The van der Waals surface area contributed by atoms with E-state index in [0.29, 0.717) is 19.1 Å². The smallest absolute Gasteiger partial charge is 0.304 e. The van der Waals surface area contributed by atoms with Crippen molar-refractivity contribution in [3.8, 4) is 0 Å². The number of hydrogen-bond acceptors (Lipinski definition) is 3. The van der Waals surface area contributed by atoms with Crippen LogP contribution in [0.5, 0.6) is 0 Å². The standard InChI is InChI=1S/C14H24N2O3/c17-13(18)7-9-16-8-3-4-11(10-16)14(19)15-12-5-1-2-6-12/h11-12H,1-10H2,(H,15,19)(H,17,18). The molecule has 1 saturated heterocycles. The van der Waals surface area contributed by atoms with Gasteiger partial charge >= 0.3 is 5.97 Å². The van der Waals surface area contributed by atoms with Crippen LogP contribution < -0.4 is 5.32 Å². The molecule has 1 amide bonds. The van der Waals surface area contributed by atoms with Gasteiger partial charge in [-0.05, 0) is 32.2 Å². The Morgan fingerprint density at radius 3 is 2.58 bits per heavy atom. The number of carbonyl (C=O) groups is 2. The molecular formula is C14H24N2O3. The summed E-state index contributed by atoms with van der Waals surface area (Å²) in [6.07, 6.45) is 6.75. The lowest BCUT2D eigenvalue weighted by Gasteiger charge is -2.32. The maximum absolute atomic E-state index is 12.2. The number of amides is 1. The first-order valence-electron chi connectivity index (χ1n) is 7.39. The first kappa shape index (κ1) is 14.3. The van der Waals surface area contributed by atoms with Crippen LogP contribution in [0.15, 0.2) is 0 Å². The lowest BCUT2D eigenvalue weighted by Crippen LogP contribution is -2.45. The molecule has 2 N–H and O–H groups in total.